The maximum Gasteiger partial charge on any atom is 0.133 e. The summed E-state index contributed by atoms with van der Waals surface area (Å²) in [6.07, 6.45) is 2.38. The standard InChI is InChI=1S/C13H14FN5/c1-19-9-17-18-13(19)4-5-16-8-11-3-2-10(7-15)6-12(11)14/h2-3,6,9,16H,4-5,8H2,1H3. The monoisotopic (exact) mass is 259 g/mol. The van der Waals surface area contributed by atoms with E-state index in [9.17, 15) is 4.39 Å². The first-order valence-electron chi connectivity index (χ1n) is 5.93. The van der Waals surface area contributed by atoms with Crippen LogP contribution >= 0.6 is 0 Å². The van der Waals surface area contributed by atoms with Crippen LogP contribution in [0, 0.1) is 17.1 Å². The van der Waals surface area contributed by atoms with Crippen molar-refractivity contribution in [2.75, 3.05) is 6.54 Å². The quantitative estimate of drug-likeness (QED) is 0.818. The number of nitrogens with one attached hydrogen (secondary N) is 1. The van der Waals surface area contributed by atoms with E-state index in [4.69, 9.17) is 5.26 Å². The van der Waals surface area contributed by atoms with Crippen LogP contribution in [0.5, 0.6) is 0 Å². The number of halogens is 1. The molecule has 1 aromatic carbocycles. The summed E-state index contributed by atoms with van der Waals surface area (Å²) in [6.45, 7) is 1.11. The number of benzene rings is 1. The van der Waals surface area contributed by atoms with Gasteiger partial charge in [0.1, 0.15) is 18.0 Å². The lowest BCUT2D eigenvalue weighted by molar-refractivity contribution is 0.583. The minimum atomic E-state index is -0.356. The Morgan fingerprint density at radius 2 is 2.32 bits per heavy atom. The molecule has 0 atom stereocenters. The Hall–Kier alpha value is -2.26. The van der Waals surface area contributed by atoms with Crippen LogP contribution in [0.2, 0.25) is 0 Å². The van der Waals surface area contributed by atoms with E-state index in [2.05, 4.69) is 15.5 Å². The molecule has 1 heterocycles. The van der Waals surface area contributed by atoms with Gasteiger partial charge in [0.2, 0.25) is 0 Å². The van der Waals surface area contributed by atoms with E-state index >= 15 is 0 Å². The molecule has 0 aliphatic rings. The number of aryl methyl sites for hydroxylation is 1. The summed E-state index contributed by atoms with van der Waals surface area (Å²) < 4.78 is 15.4. The summed E-state index contributed by atoms with van der Waals surface area (Å²) in [4.78, 5) is 0. The Morgan fingerprint density at radius 1 is 1.47 bits per heavy atom. The zero-order valence-corrected chi connectivity index (χ0v) is 10.6. The molecule has 1 N–H and O–H groups in total. The fourth-order valence-corrected chi connectivity index (χ4v) is 1.72. The van der Waals surface area contributed by atoms with Gasteiger partial charge in [-0.1, -0.05) is 6.07 Å². The highest BCUT2D eigenvalue weighted by atomic mass is 19.1. The molecule has 0 fully saturated rings. The van der Waals surface area contributed by atoms with Crippen LogP contribution in [0.4, 0.5) is 4.39 Å². The third-order valence-electron chi connectivity index (χ3n) is 2.83. The lowest BCUT2D eigenvalue weighted by Gasteiger charge is -2.06. The second kappa shape index (κ2) is 6.07. The van der Waals surface area contributed by atoms with Gasteiger partial charge >= 0.3 is 0 Å². The number of hydrogen-bond acceptors (Lipinski definition) is 4. The molecule has 2 rings (SSSR count). The second-order valence-electron chi connectivity index (χ2n) is 4.20. The smallest absolute Gasteiger partial charge is 0.133 e. The predicted octanol–water partition coefficient (Wildman–Crippen LogP) is 1.16. The molecule has 5 nitrogen and oxygen atoms in total. The van der Waals surface area contributed by atoms with E-state index in [1.807, 2.05) is 17.7 Å². The SMILES string of the molecule is Cn1cnnc1CCNCc1ccc(C#N)cc1F. The molecule has 0 amide bonds. The van der Waals surface area contributed by atoms with Crippen LogP contribution in [-0.2, 0) is 20.0 Å². The van der Waals surface area contributed by atoms with Crippen molar-refractivity contribution >= 4 is 0 Å². The van der Waals surface area contributed by atoms with Crippen LogP contribution in [0.3, 0.4) is 0 Å². The maximum absolute atomic E-state index is 13.6. The van der Waals surface area contributed by atoms with E-state index in [0.717, 1.165) is 12.2 Å². The van der Waals surface area contributed by atoms with Gasteiger partial charge < -0.3 is 9.88 Å². The van der Waals surface area contributed by atoms with Crippen molar-refractivity contribution in [1.82, 2.24) is 20.1 Å². The molecular formula is C13H14FN5. The molecule has 6 heteroatoms. The topological polar surface area (TPSA) is 66.5 Å². The van der Waals surface area contributed by atoms with Gasteiger partial charge in [-0.2, -0.15) is 5.26 Å². The Balaban J connectivity index is 1.83. The van der Waals surface area contributed by atoms with Gasteiger partial charge in [-0.15, -0.1) is 10.2 Å². The van der Waals surface area contributed by atoms with E-state index < -0.39 is 0 Å². The van der Waals surface area contributed by atoms with Crippen LogP contribution in [0.1, 0.15) is 17.0 Å². The number of nitrogens with zero attached hydrogens (tertiary/aromatic N) is 4. The molecule has 0 unspecified atom stereocenters. The molecule has 0 saturated carbocycles. The molecule has 0 saturated heterocycles. The number of aromatic nitrogens is 3. The molecule has 0 aliphatic carbocycles. The van der Waals surface area contributed by atoms with Crippen LogP contribution in [-0.4, -0.2) is 21.3 Å². The van der Waals surface area contributed by atoms with E-state index in [0.29, 0.717) is 24.2 Å². The predicted molar refractivity (Wildman–Crippen MR) is 67.5 cm³/mol. The van der Waals surface area contributed by atoms with Crippen LogP contribution < -0.4 is 5.32 Å². The molecule has 0 aliphatic heterocycles. The van der Waals surface area contributed by atoms with Crippen molar-refractivity contribution in [2.45, 2.75) is 13.0 Å². The average molecular weight is 259 g/mol. The Bertz CT molecular complexity index is 599. The summed E-state index contributed by atoms with van der Waals surface area (Å²) in [7, 11) is 1.88. The summed E-state index contributed by atoms with van der Waals surface area (Å²) in [5, 5.41) is 19.5. The second-order valence-corrected chi connectivity index (χ2v) is 4.20. The first-order chi connectivity index (χ1) is 9.20. The fraction of sp³-hybridized carbons (Fsp3) is 0.308. The highest BCUT2D eigenvalue weighted by Crippen LogP contribution is 2.09. The molecule has 0 radical (unpaired) electrons. The fourth-order valence-electron chi connectivity index (χ4n) is 1.72. The summed E-state index contributed by atoms with van der Waals surface area (Å²) >= 11 is 0. The lowest BCUT2D eigenvalue weighted by Crippen LogP contribution is -2.18. The zero-order chi connectivity index (χ0) is 13.7. The van der Waals surface area contributed by atoms with E-state index in [-0.39, 0.29) is 5.82 Å². The maximum atomic E-state index is 13.6. The van der Waals surface area contributed by atoms with Gasteiger partial charge in [0, 0.05) is 32.1 Å². The van der Waals surface area contributed by atoms with Gasteiger partial charge in [-0.05, 0) is 12.1 Å². The molecular weight excluding hydrogens is 245 g/mol. The van der Waals surface area contributed by atoms with Crippen LogP contribution in [0.25, 0.3) is 0 Å². The first-order valence-corrected chi connectivity index (χ1v) is 5.93. The summed E-state index contributed by atoms with van der Waals surface area (Å²) in [6, 6.07) is 6.40. The van der Waals surface area contributed by atoms with Gasteiger partial charge in [0.05, 0.1) is 11.6 Å². The Kier molecular flexibility index (Phi) is 4.21. The lowest BCUT2D eigenvalue weighted by atomic mass is 10.1. The van der Waals surface area contributed by atoms with Gasteiger partial charge in [0.15, 0.2) is 0 Å². The van der Waals surface area contributed by atoms with Gasteiger partial charge in [-0.25, -0.2) is 4.39 Å². The van der Waals surface area contributed by atoms with E-state index in [1.54, 1.807) is 18.5 Å². The number of nitriles is 1. The summed E-state index contributed by atoms with van der Waals surface area (Å²) in [5.74, 6) is 0.526. The van der Waals surface area contributed by atoms with Crippen molar-refractivity contribution in [3.05, 3.63) is 47.3 Å². The number of rotatable bonds is 5. The van der Waals surface area contributed by atoms with Crippen molar-refractivity contribution in [3.63, 3.8) is 0 Å². The van der Waals surface area contributed by atoms with Gasteiger partial charge in [0.25, 0.3) is 0 Å². The minimum Gasteiger partial charge on any atom is -0.321 e. The highest BCUT2D eigenvalue weighted by molar-refractivity contribution is 5.32. The third-order valence-corrected chi connectivity index (χ3v) is 2.83. The normalized spacial score (nSPS) is 10.4. The van der Waals surface area contributed by atoms with E-state index in [1.165, 1.54) is 6.07 Å². The Morgan fingerprint density at radius 3 is 2.95 bits per heavy atom. The molecule has 0 spiro atoms. The number of hydrogen-bond donors (Lipinski definition) is 1. The van der Waals surface area contributed by atoms with Crippen molar-refractivity contribution < 1.29 is 4.39 Å². The molecule has 2 aromatic rings. The largest absolute Gasteiger partial charge is 0.321 e. The zero-order valence-electron chi connectivity index (χ0n) is 10.6. The first kappa shape index (κ1) is 13.2. The molecule has 19 heavy (non-hydrogen) atoms. The highest BCUT2D eigenvalue weighted by Gasteiger charge is 2.04. The molecule has 98 valence electrons. The van der Waals surface area contributed by atoms with Gasteiger partial charge in [-0.3, -0.25) is 0 Å². The third kappa shape index (κ3) is 3.36. The van der Waals surface area contributed by atoms with Crippen molar-refractivity contribution in [2.24, 2.45) is 7.05 Å². The minimum absolute atomic E-state index is 0.334. The Labute approximate surface area is 110 Å². The van der Waals surface area contributed by atoms with Crippen molar-refractivity contribution in [3.8, 4) is 6.07 Å². The average Bonchev–Trinajstić information content (AvgIpc) is 2.81. The van der Waals surface area contributed by atoms with Crippen LogP contribution in [0.15, 0.2) is 24.5 Å². The van der Waals surface area contributed by atoms with Crippen molar-refractivity contribution in [1.29, 1.82) is 5.26 Å². The summed E-state index contributed by atoms with van der Waals surface area (Å²) in [5.41, 5.74) is 0.886. The molecule has 1 aromatic heterocycles. The molecule has 0 bridgehead atoms.